The van der Waals surface area contributed by atoms with E-state index in [0.29, 0.717) is 6.04 Å². The highest BCUT2D eigenvalue weighted by atomic mass is 15.1. The second-order valence-corrected chi connectivity index (χ2v) is 2.69. The lowest BCUT2D eigenvalue weighted by molar-refractivity contribution is 0.258. The van der Waals surface area contributed by atoms with Crippen molar-refractivity contribution in [3.63, 3.8) is 0 Å². The lowest BCUT2D eigenvalue weighted by Gasteiger charge is -2.21. The molecule has 0 aromatic heterocycles. The fourth-order valence-corrected chi connectivity index (χ4v) is 0.773. The first-order valence-electron chi connectivity index (χ1n) is 3.86. The third-order valence-corrected chi connectivity index (χ3v) is 1.95. The number of terminal acetylenes is 1. The van der Waals surface area contributed by atoms with Crippen LogP contribution < -0.4 is 0 Å². The molecule has 0 heterocycles. The second-order valence-electron chi connectivity index (χ2n) is 2.69. The molecule has 0 aromatic rings. The van der Waals surface area contributed by atoms with Crippen molar-refractivity contribution in [2.75, 3.05) is 13.6 Å². The van der Waals surface area contributed by atoms with Crippen LogP contribution in [-0.2, 0) is 0 Å². The van der Waals surface area contributed by atoms with Crippen molar-refractivity contribution in [3.8, 4) is 12.3 Å². The molecule has 0 aliphatic carbocycles. The summed E-state index contributed by atoms with van der Waals surface area (Å²) in [7, 11) is 2.12. The van der Waals surface area contributed by atoms with Crippen LogP contribution >= 0.6 is 0 Å². The standard InChI is InChI=1S/C9H17N/c1-5-7-8-10(4)9(3)6-2/h1,9H,6-8H2,2-4H3. The molecule has 10 heavy (non-hydrogen) atoms. The molecule has 0 radical (unpaired) electrons. The first-order valence-corrected chi connectivity index (χ1v) is 3.86. The molecule has 0 aliphatic heterocycles. The van der Waals surface area contributed by atoms with E-state index in [1.807, 2.05) is 0 Å². The maximum atomic E-state index is 5.14. The van der Waals surface area contributed by atoms with Gasteiger partial charge in [0.1, 0.15) is 0 Å². The molecule has 0 saturated carbocycles. The van der Waals surface area contributed by atoms with Crippen molar-refractivity contribution in [3.05, 3.63) is 0 Å². The van der Waals surface area contributed by atoms with Gasteiger partial charge < -0.3 is 4.90 Å². The molecular weight excluding hydrogens is 122 g/mol. The number of hydrogen-bond acceptors (Lipinski definition) is 1. The molecule has 0 amide bonds. The Kier molecular flexibility index (Phi) is 5.06. The van der Waals surface area contributed by atoms with Gasteiger partial charge in [-0.1, -0.05) is 6.92 Å². The topological polar surface area (TPSA) is 3.24 Å². The summed E-state index contributed by atoms with van der Waals surface area (Å²) in [4.78, 5) is 2.29. The van der Waals surface area contributed by atoms with Gasteiger partial charge >= 0.3 is 0 Å². The van der Waals surface area contributed by atoms with Crippen LogP contribution in [0, 0.1) is 12.3 Å². The summed E-state index contributed by atoms with van der Waals surface area (Å²) in [5.41, 5.74) is 0. The molecule has 0 saturated heterocycles. The van der Waals surface area contributed by atoms with Crippen molar-refractivity contribution in [1.82, 2.24) is 4.90 Å². The summed E-state index contributed by atoms with van der Waals surface area (Å²) in [6.45, 7) is 5.43. The summed E-state index contributed by atoms with van der Waals surface area (Å²) < 4.78 is 0. The van der Waals surface area contributed by atoms with Crippen molar-refractivity contribution < 1.29 is 0 Å². The van der Waals surface area contributed by atoms with Gasteiger partial charge in [-0.3, -0.25) is 0 Å². The highest BCUT2D eigenvalue weighted by Crippen LogP contribution is 1.99. The molecule has 0 N–H and O–H groups in total. The highest BCUT2D eigenvalue weighted by molar-refractivity contribution is 4.84. The quantitative estimate of drug-likeness (QED) is 0.536. The summed E-state index contributed by atoms with van der Waals surface area (Å²) >= 11 is 0. The number of rotatable bonds is 4. The largest absolute Gasteiger partial charge is 0.303 e. The van der Waals surface area contributed by atoms with Gasteiger partial charge in [-0.2, -0.15) is 0 Å². The van der Waals surface area contributed by atoms with Gasteiger partial charge in [0.05, 0.1) is 0 Å². The Balaban J connectivity index is 3.43. The van der Waals surface area contributed by atoms with E-state index in [1.165, 1.54) is 6.42 Å². The minimum Gasteiger partial charge on any atom is -0.303 e. The Labute approximate surface area is 64.4 Å². The summed E-state index contributed by atoms with van der Waals surface area (Å²) in [6.07, 6.45) is 7.20. The Morgan fingerprint density at radius 1 is 1.60 bits per heavy atom. The fraction of sp³-hybridized carbons (Fsp3) is 0.778. The van der Waals surface area contributed by atoms with E-state index in [1.54, 1.807) is 0 Å². The van der Waals surface area contributed by atoms with Gasteiger partial charge in [0, 0.05) is 19.0 Å². The molecule has 0 fully saturated rings. The van der Waals surface area contributed by atoms with E-state index < -0.39 is 0 Å². The molecule has 0 aromatic carbocycles. The fourth-order valence-electron chi connectivity index (χ4n) is 0.773. The Morgan fingerprint density at radius 3 is 2.60 bits per heavy atom. The molecule has 0 spiro atoms. The second kappa shape index (κ2) is 5.32. The van der Waals surface area contributed by atoms with E-state index in [0.717, 1.165) is 13.0 Å². The van der Waals surface area contributed by atoms with Gasteiger partial charge in [0.2, 0.25) is 0 Å². The van der Waals surface area contributed by atoms with E-state index >= 15 is 0 Å². The van der Waals surface area contributed by atoms with Crippen LogP contribution in [-0.4, -0.2) is 24.5 Å². The summed E-state index contributed by atoms with van der Waals surface area (Å²) in [6, 6.07) is 0.661. The summed E-state index contributed by atoms with van der Waals surface area (Å²) in [5.74, 6) is 2.64. The molecule has 0 aliphatic rings. The lowest BCUT2D eigenvalue weighted by atomic mass is 10.2. The lowest BCUT2D eigenvalue weighted by Crippen LogP contribution is -2.29. The van der Waals surface area contributed by atoms with Crippen molar-refractivity contribution in [2.24, 2.45) is 0 Å². The zero-order valence-electron chi connectivity index (χ0n) is 7.22. The zero-order chi connectivity index (χ0) is 7.98. The molecule has 1 unspecified atom stereocenters. The Hall–Kier alpha value is -0.480. The highest BCUT2D eigenvalue weighted by Gasteiger charge is 2.03. The van der Waals surface area contributed by atoms with E-state index in [-0.39, 0.29) is 0 Å². The van der Waals surface area contributed by atoms with Crippen LogP contribution in [0.4, 0.5) is 0 Å². The van der Waals surface area contributed by atoms with Crippen LogP contribution in [0.15, 0.2) is 0 Å². The predicted octanol–water partition coefficient (Wildman–Crippen LogP) is 1.74. The third-order valence-electron chi connectivity index (χ3n) is 1.95. The van der Waals surface area contributed by atoms with Crippen LogP contribution in [0.2, 0.25) is 0 Å². The smallest absolute Gasteiger partial charge is 0.0214 e. The van der Waals surface area contributed by atoms with Crippen molar-refractivity contribution >= 4 is 0 Å². The number of nitrogens with zero attached hydrogens (tertiary/aromatic N) is 1. The van der Waals surface area contributed by atoms with Crippen LogP contribution in [0.1, 0.15) is 26.7 Å². The van der Waals surface area contributed by atoms with Crippen LogP contribution in [0.5, 0.6) is 0 Å². The zero-order valence-corrected chi connectivity index (χ0v) is 7.22. The molecule has 0 bridgehead atoms. The minimum atomic E-state index is 0.661. The average Bonchev–Trinajstić information content (AvgIpc) is 1.98. The van der Waals surface area contributed by atoms with E-state index in [2.05, 4.69) is 31.7 Å². The number of hydrogen-bond donors (Lipinski definition) is 0. The van der Waals surface area contributed by atoms with E-state index in [9.17, 15) is 0 Å². The van der Waals surface area contributed by atoms with Gasteiger partial charge in [0.15, 0.2) is 0 Å². The maximum absolute atomic E-state index is 5.14. The molecule has 0 rings (SSSR count). The Morgan fingerprint density at radius 2 is 2.20 bits per heavy atom. The van der Waals surface area contributed by atoms with Crippen LogP contribution in [0.3, 0.4) is 0 Å². The molecule has 1 atom stereocenters. The van der Waals surface area contributed by atoms with Crippen molar-refractivity contribution in [2.45, 2.75) is 32.7 Å². The van der Waals surface area contributed by atoms with Crippen LogP contribution in [0.25, 0.3) is 0 Å². The van der Waals surface area contributed by atoms with E-state index in [4.69, 9.17) is 6.42 Å². The monoisotopic (exact) mass is 139 g/mol. The van der Waals surface area contributed by atoms with Gasteiger partial charge in [-0.25, -0.2) is 0 Å². The third kappa shape index (κ3) is 3.53. The molecular formula is C9H17N. The molecule has 1 nitrogen and oxygen atoms in total. The van der Waals surface area contributed by atoms with Gasteiger partial charge in [0.25, 0.3) is 0 Å². The van der Waals surface area contributed by atoms with Gasteiger partial charge in [-0.05, 0) is 20.4 Å². The average molecular weight is 139 g/mol. The first kappa shape index (κ1) is 9.52. The van der Waals surface area contributed by atoms with Crippen molar-refractivity contribution in [1.29, 1.82) is 0 Å². The first-order chi connectivity index (χ1) is 4.72. The normalized spacial score (nSPS) is 13.1. The maximum Gasteiger partial charge on any atom is 0.0214 e. The minimum absolute atomic E-state index is 0.661. The van der Waals surface area contributed by atoms with Gasteiger partial charge in [-0.15, -0.1) is 12.3 Å². The Bertz CT molecular complexity index is 112. The SMILES string of the molecule is C#CCCN(C)C(C)CC. The molecule has 58 valence electrons. The molecule has 1 heteroatoms. The summed E-state index contributed by atoms with van der Waals surface area (Å²) in [5, 5.41) is 0. The predicted molar refractivity (Wildman–Crippen MR) is 45.8 cm³/mol.